The Morgan fingerprint density at radius 2 is 2.21 bits per heavy atom. The zero-order chi connectivity index (χ0) is 11.0. The van der Waals surface area contributed by atoms with Gasteiger partial charge >= 0.3 is 0 Å². The first-order valence-corrected chi connectivity index (χ1v) is 5.12. The maximum Gasteiger partial charge on any atom is 0.117 e. The zero-order valence-corrected chi connectivity index (χ0v) is 9.67. The van der Waals surface area contributed by atoms with Gasteiger partial charge in [-0.25, -0.2) is 0 Å². The normalized spacial score (nSPS) is 13.6. The van der Waals surface area contributed by atoms with Crippen LogP contribution in [0.2, 0.25) is 0 Å². The Hall–Kier alpha value is -0.900. The quantitative estimate of drug-likeness (QED) is 0.555. The second kappa shape index (κ2) is 7.50. The van der Waals surface area contributed by atoms with E-state index in [4.69, 9.17) is 5.11 Å². The van der Waals surface area contributed by atoms with E-state index in [0.29, 0.717) is 6.54 Å². The molecule has 0 aliphatic heterocycles. The zero-order valence-electron chi connectivity index (χ0n) is 9.67. The van der Waals surface area contributed by atoms with Crippen molar-refractivity contribution in [1.29, 1.82) is 0 Å². The molecular weight excluding hydrogens is 178 g/mol. The molecule has 0 aromatic heterocycles. The lowest BCUT2D eigenvalue weighted by molar-refractivity contribution is 0.196. The van der Waals surface area contributed by atoms with E-state index in [-0.39, 0.29) is 6.10 Å². The van der Waals surface area contributed by atoms with Gasteiger partial charge in [0.2, 0.25) is 0 Å². The van der Waals surface area contributed by atoms with Crippen molar-refractivity contribution in [2.24, 2.45) is 0 Å². The highest BCUT2D eigenvalue weighted by Gasteiger charge is 2.00. The standard InChI is InChI=1S/C10H23N3O/c1-5-6-13(4)10(11-3)8-12-7-9(2)14/h8-9,11-12,14H,5-7H2,1-4H3. The van der Waals surface area contributed by atoms with Crippen LogP contribution in [0.3, 0.4) is 0 Å². The summed E-state index contributed by atoms with van der Waals surface area (Å²) < 4.78 is 0. The Bertz CT molecular complexity index is 169. The monoisotopic (exact) mass is 201 g/mol. The lowest BCUT2D eigenvalue weighted by Gasteiger charge is -2.21. The van der Waals surface area contributed by atoms with Gasteiger partial charge in [-0.15, -0.1) is 0 Å². The number of hydrogen-bond acceptors (Lipinski definition) is 4. The Morgan fingerprint density at radius 1 is 1.57 bits per heavy atom. The number of hydrogen-bond donors (Lipinski definition) is 3. The molecule has 0 aromatic carbocycles. The van der Waals surface area contributed by atoms with Crippen molar-refractivity contribution in [1.82, 2.24) is 15.5 Å². The fraction of sp³-hybridized carbons (Fsp3) is 0.800. The van der Waals surface area contributed by atoms with Gasteiger partial charge in [0.05, 0.1) is 6.10 Å². The van der Waals surface area contributed by atoms with Crippen molar-refractivity contribution in [3.63, 3.8) is 0 Å². The summed E-state index contributed by atoms with van der Waals surface area (Å²) in [6, 6.07) is 0. The van der Waals surface area contributed by atoms with Gasteiger partial charge in [0.1, 0.15) is 5.82 Å². The largest absolute Gasteiger partial charge is 0.392 e. The Balaban J connectivity index is 3.97. The first-order chi connectivity index (χ1) is 6.61. The first-order valence-electron chi connectivity index (χ1n) is 5.12. The number of aliphatic hydroxyl groups excluding tert-OH is 1. The van der Waals surface area contributed by atoms with E-state index in [0.717, 1.165) is 18.8 Å². The summed E-state index contributed by atoms with van der Waals surface area (Å²) in [5.41, 5.74) is 0. The third kappa shape index (κ3) is 5.70. The van der Waals surface area contributed by atoms with Crippen LogP contribution in [0.25, 0.3) is 0 Å². The average Bonchev–Trinajstić information content (AvgIpc) is 2.12. The molecule has 0 bridgehead atoms. The highest BCUT2D eigenvalue weighted by atomic mass is 16.3. The Morgan fingerprint density at radius 3 is 2.64 bits per heavy atom. The molecule has 4 heteroatoms. The topological polar surface area (TPSA) is 47.5 Å². The van der Waals surface area contributed by atoms with Gasteiger partial charge < -0.3 is 20.6 Å². The van der Waals surface area contributed by atoms with Gasteiger partial charge in [0, 0.05) is 33.4 Å². The van der Waals surface area contributed by atoms with E-state index >= 15 is 0 Å². The van der Waals surface area contributed by atoms with E-state index in [2.05, 4.69) is 22.5 Å². The number of nitrogens with one attached hydrogen (secondary N) is 2. The SMILES string of the molecule is CCCN(C)C(=CNCC(C)O)NC. The van der Waals surface area contributed by atoms with E-state index < -0.39 is 0 Å². The average molecular weight is 201 g/mol. The summed E-state index contributed by atoms with van der Waals surface area (Å²) in [4.78, 5) is 2.13. The van der Waals surface area contributed by atoms with Crippen LogP contribution >= 0.6 is 0 Å². The van der Waals surface area contributed by atoms with Crippen LogP contribution in [0.15, 0.2) is 12.0 Å². The molecule has 0 amide bonds. The third-order valence-electron chi connectivity index (χ3n) is 1.88. The van der Waals surface area contributed by atoms with Gasteiger partial charge in [-0.3, -0.25) is 0 Å². The summed E-state index contributed by atoms with van der Waals surface area (Å²) in [6.07, 6.45) is 2.69. The first kappa shape index (κ1) is 13.1. The highest BCUT2D eigenvalue weighted by Crippen LogP contribution is 1.96. The fourth-order valence-electron chi connectivity index (χ4n) is 1.16. The van der Waals surface area contributed by atoms with Crippen LogP contribution in [-0.2, 0) is 0 Å². The molecule has 84 valence electrons. The summed E-state index contributed by atoms with van der Waals surface area (Å²) >= 11 is 0. The molecule has 0 heterocycles. The molecule has 0 saturated carbocycles. The molecule has 0 saturated heterocycles. The smallest absolute Gasteiger partial charge is 0.117 e. The predicted molar refractivity (Wildman–Crippen MR) is 59.7 cm³/mol. The van der Waals surface area contributed by atoms with E-state index in [1.54, 1.807) is 6.92 Å². The maximum atomic E-state index is 9.05. The van der Waals surface area contributed by atoms with Gasteiger partial charge in [0.15, 0.2) is 0 Å². The molecule has 1 unspecified atom stereocenters. The minimum Gasteiger partial charge on any atom is -0.392 e. The molecule has 14 heavy (non-hydrogen) atoms. The molecular formula is C10H23N3O. The van der Waals surface area contributed by atoms with Crippen LogP contribution < -0.4 is 10.6 Å². The Labute approximate surface area is 87.0 Å². The van der Waals surface area contributed by atoms with Crippen molar-refractivity contribution in [2.45, 2.75) is 26.4 Å². The van der Waals surface area contributed by atoms with Gasteiger partial charge in [-0.05, 0) is 13.3 Å². The second-order valence-corrected chi connectivity index (χ2v) is 3.46. The molecule has 0 fully saturated rings. The lowest BCUT2D eigenvalue weighted by Crippen LogP contribution is -2.30. The van der Waals surface area contributed by atoms with E-state index in [1.165, 1.54) is 0 Å². The van der Waals surface area contributed by atoms with Crippen LogP contribution in [-0.4, -0.2) is 43.3 Å². The molecule has 0 aliphatic carbocycles. The predicted octanol–water partition coefficient (Wildman–Crippen LogP) is 0.317. The highest BCUT2D eigenvalue weighted by molar-refractivity contribution is 4.95. The molecule has 0 spiro atoms. The number of nitrogens with zero attached hydrogens (tertiary/aromatic N) is 1. The number of rotatable bonds is 7. The molecule has 3 N–H and O–H groups in total. The van der Waals surface area contributed by atoms with Crippen LogP contribution in [0, 0.1) is 0 Å². The number of aliphatic hydroxyl groups is 1. The van der Waals surface area contributed by atoms with E-state index in [9.17, 15) is 0 Å². The van der Waals surface area contributed by atoms with Crippen LogP contribution in [0.4, 0.5) is 0 Å². The van der Waals surface area contributed by atoms with Gasteiger partial charge in [-0.1, -0.05) is 6.92 Å². The summed E-state index contributed by atoms with van der Waals surface area (Å²) in [6.45, 7) is 5.50. The summed E-state index contributed by atoms with van der Waals surface area (Å²) in [5, 5.41) is 15.2. The minimum atomic E-state index is -0.319. The summed E-state index contributed by atoms with van der Waals surface area (Å²) in [7, 11) is 3.93. The molecule has 0 aromatic rings. The molecule has 0 rings (SSSR count). The summed E-state index contributed by atoms with van der Waals surface area (Å²) in [5.74, 6) is 1.03. The van der Waals surface area contributed by atoms with Crippen molar-refractivity contribution in [3.05, 3.63) is 12.0 Å². The van der Waals surface area contributed by atoms with E-state index in [1.807, 2.05) is 20.3 Å². The van der Waals surface area contributed by atoms with Gasteiger partial charge in [-0.2, -0.15) is 0 Å². The van der Waals surface area contributed by atoms with Crippen LogP contribution in [0.1, 0.15) is 20.3 Å². The molecule has 0 radical (unpaired) electrons. The van der Waals surface area contributed by atoms with Crippen molar-refractivity contribution in [3.8, 4) is 0 Å². The minimum absolute atomic E-state index is 0.319. The van der Waals surface area contributed by atoms with Crippen LogP contribution in [0.5, 0.6) is 0 Å². The second-order valence-electron chi connectivity index (χ2n) is 3.46. The Kier molecular flexibility index (Phi) is 7.02. The molecule has 1 atom stereocenters. The van der Waals surface area contributed by atoms with Crippen molar-refractivity contribution >= 4 is 0 Å². The molecule has 4 nitrogen and oxygen atoms in total. The van der Waals surface area contributed by atoms with Crippen molar-refractivity contribution < 1.29 is 5.11 Å². The molecule has 0 aliphatic rings. The van der Waals surface area contributed by atoms with Crippen molar-refractivity contribution in [2.75, 3.05) is 27.2 Å². The lowest BCUT2D eigenvalue weighted by atomic mass is 10.4. The van der Waals surface area contributed by atoms with Gasteiger partial charge in [0.25, 0.3) is 0 Å². The fourth-order valence-corrected chi connectivity index (χ4v) is 1.16. The maximum absolute atomic E-state index is 9.05. The third-order valence-corrected chi connectivity index (χ3v) is 1.88.